The molecule has 0 spiro atoms. The maximum absolute atomic E-state index is 5.83. The zero-order valence-electron chi connectivity index (χ0n) is 13.2. The Morgan fingerprint density at radius 3 is 1.89 bits per heavy atom. The summed E-state index contributed by atoms with van der Waals surface area (Å²) in [6, 6.07) is 0.790. The van der Waals surface area contributed by atoms with E-state index in [2.05, 4.69) is 13.5 Å². The average Bonchev–Trinajstić information content (AvgIpc) is 2.29. The van der Waals surface area contributed by atoms with Gasteiger partial charge in [-0.1, -0.05) is 19.1 Å². The van der Waals surface area contributed by atoms with Crippen molar-refractivity contribution in [3.8, 4) is 0 Å². The van der Waals surface area contributed by atoms with E-state index in [1.54, 1.807) is 0 Å². The quantitative estimate of drug-likeness (QED) is 0.408. The summed E-state index contributed by atoms with van der Waals surface area (Å²) in [6.07, 6.45) is 0. The Hall–Kier alpha value is -0.203. The lowest BCUT2D eigenvalue weighted by atomic mass is 10.2. The van der Waals surface area contributed by atoms with Crippen LogP contribution in [0.25, 0.3) is 0 Å². The molecule has 0 saturated carbocycles. The predicted octanol–water partition coefficient (Wildman–Crippen LogP) is 3.26. The third-order valence-electron chi connectivity index (χ3n) is 2.44. The van der Waals surface area contributed by atoms with Crippen LogP contribution in [0.4, 0.5) is 0 Å². The van der Waals surface area contributed by atoms with E-state index in [1.807, 2.05) is 27.7 Å². The van der Waals surface area contributed by atoms with Gasteiger partial charge in [0.25, 0.3) is 0 Å². The van der Waals surface area contributed by atoms with E-state index in [0.29, 0.717) is 39.0 Å². The smallest absolute Gasteiger partial charge is 0.377 e. The largest absolute Gasteiger partial charge is 0.501 e. The van der Waals surface area contributed by atoms with Gasteiger partial charge in [-0.15, -0.1) is 0 Å². The Labute approximate surface area is 119 Å². The molecule has 0 rings (SSSR count). The van der Waals surface area contributed by atoms with Crippen molar-refractivity contribution in [1.29, 1.82) is 0 Å². The summed E-state index contributed by atoms with van der Waals surface area (Å²) in [5.41, 5.74) is 1.04. The number of hydrogen-bond acceptors (Lipinski definition) is 4. The van der Waals surface area contributed by atoms with Crippen molar-refractivity contribution in [2.24, 2.45) is 5.92 Å². The summed E-state index contributed by atoms with van der Waals surface area (Å²) in [7, 11) is -2.54. The molecule has 5 heteroatoms. The monoisotopic (exact) mass is 290 g/mol. The molecular weight excluding hydrogens is 260 g/mol. The summed E-state index contributed by atoms with van der Waals surface area (Å²) >= 11 is 0. The Morgan fingerprint density at radius 2 is 1.53 bits per heavy atom. The van der Waals surface area contributed by atoms with Gasteiger partial charge in [-0.25, -0.2) is 0 Å². The van der Waals surface area contributed by atoms with Gasteiger partial charge in [-0.05, 0) is 33.6 Å². The molecule has 1 unspecified atom stereocenters. The predicted molar refractivity (Wildman–Crippen MR) is 80.2 cm³/mol. The fourth-order valence-corrected chi connectivity index (χ4v) is 4.78. The minimum atomic E-state index is -2.54. The van der Waals surface area contributed by atoms with E-state index in [0.717, 1.165) is 11.6 Å². The Bertz CT molecular complexity index is 229. The first kappa shape index (κ1) is 18.8. The number of hydrogen-bond donors (Lipinski definition) is 0. The van der Waals surface area contributed by atoms with Gasteiger partial charge in [-0.3, -0.25) is 0 Å². The number of ether oxygens (including phenoxy) is 1. The Kier molecular flexibility index (Phi) is 10.5. The molecule has 0 aromatic carbocycles. The van der Waals surface area contributed by atoms with Crippen LogP contribution in [0.3, 0.4) is 0 Å². The lowest BCUT2D eigenvalue weighted by molar-refractivity contribution is 0.0590. The highest BCUT2D eigenvalue weighted by molar-refractivity contribution is 6.60. The van der Waals surface area contributed by atoms with Crippen LogP contribution in [0.1, 0.15) is 34.6 Å². The van der Waals surface area contributed by atoms with Crippen LogP contribution in [0.5, 0.6) is 0 Å². The molecule has 0 aliphatic rings. The first-order valence-electron chi connectivity index (χ1n) is 7.13. The zero-order valence-corrected chi connectivity index (χ0v) is 14.2. The standard InChI is InChI=1S/C14H30O4Si/c1-7-16-19(17-8-2,18-9-3)12-14(6)11-15-10-13(4)5/h14H,4,7-12H2,1-3,5-6H3. The van der Waals surface area contributed by atoms with E-state index in [1.165, 1.54) is 0 Å². The molecule has 0 aromatic heterocycles. The van der Waals surface area contributed by atoms with Crippen LogP contribution in [0, 0.1) is 5.92 Å². The van der Waals surface area contributed by atoms with E-state index in [4.69, 9.17) is 18.0 Å². The Morgan fingerprint density at radius 1 is 1.05 bits per heavy atom. The normalized spacial score (nSPS) is 13.5. The molecule has 0 amide bonds. The highest BCUT2D eigenvalue weighted by atomic mass is 28.4. The van der Waals surface area contributed by atoms with Crippen molar-refractivity contribution in [2.45, 2.75) is 40.7 Å². The fraction of sp³-hybridized carbons (Fsp3) is 0.857. The molecule has 0 N–H and O–H groups in total. The van der Waals surface area contributed by atoms with Gasteiger partial charge in [0, 0.05) is 32.5 Å². The van der Waals surface area contributed by atoms with E-state index in [9.17, 15) is 0 Å². The third-order valence-corrected chi connectivity index (χ3v) is 5.82. The minimum absolute atomic E-state index is 0.343. The summed E-state index contributed by atoms with van der Waals surface area (Å²) in [5, 5.41) is 0. The van der Waals surface area contributed by atoms with E-state index in [-0.39, 0.29) is 0 Å². The van der Waals surface area contributed by atoms with Gasteiger partial charge in [0.15, 0.2) is 0 Å². The van der Waals surface area contributed by atoms with Crippen LogP contribution < -0.4 is 0 Å². The SMILES string of the molecule is C=C(C)COCC(C)C[Si](OCC)(OCC)OCC. The van der Waals surface area contributed by atoms with Crippen LogP contribution in [-0.4, -0.2) is 41.8 Å². The topological polar surface area (TPSA) is 36.9 Å². The Balaban J connectivity index is 4.38. The minimum Gasteiger partial charge on any atom is -0.377 e. The van der Waals surface area contributed by atoms with Crippen molar-refractivity contribution in [3.63, 3.8) is 0 Å². The van der Waals surface area contributed by atoms with Crippen LogP contribution in [0.15, 0.2) is 12.2 Å². The van der Waals surface area contributed by atoms with Crippen molar-refractivity contribution in [3.05, 3.63) is 12.2 Å². The highest BCUT2D eigenvalue weighted by Gasteiger charge is 2.41. The zero-order chi connectivity index (χ0) is 14.7. The van der Waals surface area contributed by atoms with Crippen molar-refractivity contribution in [2.75, 3.05) is 33.0 Å². The molecule has 19 heavy (non-hydrogen) atoms. The molecular formula is C14H30O4Si. The maximum Gasteiger partial charge on any atom is 0.501 e. The number of rotatable bonds is 12. The fourth-order valence-electron chi connectivity index (χ4n) is 1.88. The third kappa shape index (κ3) is 8.55. The van der Waals surface area contributed by atoms with Crippen LogP contribution in [-0.2, 0) is 18.0 Å². The second kappa shape index (κ2) is 10.6. The van der Waals surface area contributed by atoms with Gasteiger partial charge in [0.05, 0.1) is 6.61 Å². The molecule has 0 saturated heterocycles. The molecule has 0 aliphatic heterocycles. The molecule has 0 bridgehead atoms. The van der Waals surface area contributed by atoms with Crippen molar-refractivity contribution >= 4 is 8.80 Å². The highest BCUT2D eigenvalue weighted by Crippen LogP contribution is 2.22. The van der Waals surface area contributed by atoms with Gasteiger partial charge in [0.2, 0.25) is 0 Å². The molecule has 114 valence electrons. The van der Waals surface area contributed by atoms with Crippen molar-refractivity contribution < 1.29 is 18.0 Å². The molecule has 0 fully saturated rings. The summed E-state index contributed by atoms with van der Waals surface area (Å²) < 4.78 is 23.1. The lowest BCUT2D eigenvalue weighted by Crippen LogP contribution is -2.47. The van der Waals surface area contributed by atoms with Crippen molar-refractivity contribution in [1.82, 2.24) is 0 Å². The lowest BCUT2D eigenvalue weighted by Gasteiger charge is -2.30. The molecule has 4 nitrogen and oxygen atoms in total. The molecule has 0 radical (unpaired) electrons. The van der Waals surface area contributed by atoms with Gasteiger partial charge < -0.3 is 18.0 Å². The first-order valence-corrected chi connectivity index (χ1v) is 9.06. The second-order valence-electron chi connectivity index (χ2n) is 4.76. The summed E-state index contributed by atoms with van der Waals surface area (Å²) in [5.74, 6) is 0.343. The van der Waals surface area contributed by atoms with E-state index < -0.39 is 8.80 Å². The average molecular weight is 290 g/mol. The molecule has 1 atom stereocenters. The van der Waals surface area contributed by atoms with E-state index >= 15 is 0 Å². The van der Waals surface area contributed by atoms with Gasteiger partial charge >= 0.3 is 8.80 Å². The molecule has 0 aromatic rings. The summed E-state index contributed by atoms with van der Waals surface area (Å²) in [6.45, 7) is 17.0. The molecule has 0 aliphatic carbocycles. The first-order chi connectivity index (χ1) is 8.99. The van der Waals surface area contributed by atoms with Crippen LogP contribution >= 0.6 is 0 Å². The maximum atomic E-state index is 5.83. The molecule has 0 heterocycles. The van der Waals surface area contributed by atoms with Gasteiger partial charge in [-0.2, -0.15) is 0 Å². The van der Waals surface area contributed by atoms with Gasteiger partial charge in [0.1, 0.15) is 0 Å². The second-order valence-corrected chi connectivity index (χ2v) is 7.40. The van der Waals surface area contributed by atoms with Crippen LogP contribution in [0.2, 0.25) is 6.04 Å². The summed E-state index contributed by atoms with van der Waals surface area (Å²) in [4.78, 5) is 0.